The van der Waals surface area contributed by atoms with Crippen LogP contribution in [0.4, 0.5) is 4.79 Å². The minimum Gasteiger partial charge on any atom is -0.508 e. The first kappa shape index (κ1) is 33.3. The van der Waals surface area contributed by atoms with E-state index in [4.69, 9.17) is 4.74 Å². The van der Waals surface area contributed by atoms with Crippen molar-refractivity contribution in [3.63, 3.8) is 0 Å². The van der Waals surface area contributed by atoms with Crippen LogP contribution in [0.5, 0.6) is 5.75 Å². The molecule has 4 amide bonds. The topological polar surface area (TPSA) is 128 Å². The van der Waals surface area contributed by atoms with Crippen LogP contribution in [0.3, 0.4) is 0 Å². The third-order valence-electron chi connectivity index (χ3n) is 8.90. The smallest absolute Gasteiger partial charge is 0.334 e. The molecule has 2 saturated heterocycles. The molecule has 0 bridgehead atoms. The van der Waals surface area contributed by atoms with Gasteiger partial charge in [-0.15, -0.1) is 6.58 Å². The number of amides is 4. The number of hydrazine groups is 1. The van der Waals surface area contributed by atoms with Gasteiger partial charge in [0.05, 0.1) is 19.6 Å². The maximum Gasteiger partial charge on any atom is 0.334 e. The summed E-state index contributed by atoms with van der Waals surface area (Å²) in [6.07, 6.45) is 3.01. The lowest BCUT2D eigenvalue weighted by Crippen LogP contribution is -2.76. The van der Waals surface area contributed by atoms with Crippen molar-refractivity contribution in [2.24, 2.45) is 0 Å². The number of piperazine rings is 1. The molecule has 0 saturated carbocycles. The van der Waals surface area contributed by atoms with Crippen LogP contribution in [-0.4, -0.2) is 91.8 Å². The number of benzene rings is 3. The summed E-state index contributed by atoms with van der Waals surface area (Å²) in [6, 6.07) is 22.7. The summed E-state index contributed by atoms with van der Waals surface area (Å²) in [6.45, 7) is 6.61. The van der Waals surface area contributed by atoms with Crippen molar-refractivity contribution >= 4 is 34.7 Å². The van der Waals surface area contributed by atoms with Gasteiger partial charge in [0.2, 0.25) is 11.8 Å². The van der Waals surface area contributed by atoms with Crippen LogP contribution in [-0.2, 0) is 45.2 Å². The molecule has 6 rings (SSSR count). The second-order valence-corrected chi connectivity index (χ2v) is 12.2. The van der Waals surface area contributed by atoms with Crippen LogP contribution in [0.2, 0.25) is 0 Å². The fourth-order valence-corrected chi connectivity index (χ4v) is 6.68. The maximum atomic E-state index is 14.5. The van der Waals surface area contributed by atoms with Gasteiger partial charge in [0.15, 0.2) is 0 Å². The van der Waals surface area contributed by atoms with E-state index in [9.17, 15) is 24.3 Å². The predicted octanol–water partition coefficient (Wildman–Crippen LogP) is 3.65. The van der Waals surface area contributed by atoms with Gasteiger partial charge < -0.3 is 29.5 Å². The highest BCUT2D eigenvalue weighted by atomic mass is 16.5. The zero-order chi connectivity index (χ0) is 34.5. The Hall–Kier alpha value is -5.62. The molecule has 2 N–H and O–H groups in total. The van der Waals surface area contributed by atoms with E-state index in [0.717, 1.165) is 27.6 Å². The van der Waals surface area contributed by atoms with Gasteiger partial charge in [-0.2, -0.15) is 0 Å². The first-order chi connectivity index (χ1) is 23.7. The molecular formula is C37H40N6O6. The number of para-hydroxylation sites is 1. The van der Waals surface area contributed by atoms with E-state index in [0.29, 0.717) is 6.54 Å². The number of carbonyl (C=O) groups is 4. The average molecular weight is 665 g/mol. The normalized spacial score (nSPS) is 18.0. The van der Waals surface area contributed by atoms with Gasteiger partial charge in [0, 0.05) is 50.1 Å². The fourth-order valence-electron chi connectivity index (χ4n) is 6.68. The average Bonchev–Trinajstić information content (AvgIpc) is 3.43. The summed E-state index contributed by atoms with van der Waals surface area (Å²) >= 11 is 0. The number of phenols is 1. The lowest BCUT2D eigenvalue weighted by molar-refractivity contribution is -0.189. The molecule has 2 aliphatic rings. The van der Waals surface area contributed by atoms with Gasteiger partial charge in [-0.25, -0.2) is 14.8 Å². The Morgan fingerprint density at radius 3 is 2.47 bits per heavy atom. The zero-order valence-electron chi connectivity index (χ0n) is 27.4. The maximum absolute atomic E-state index is 14.5. The van der Waals surface area contributed by atoms with E-state index < -0.39 is 18.2 Å². The van der Waals surface area contributed by atoms with Crippen molar-refractivity contribution in [1.29, 1.82) is 0 Å². The number of urea groups is 1. The van der Waals surface area contributed by atoms with Crippen LogP contribution in [0.1, 0.15) is 23.6 Å². The van der Waals surface area contributed by atoms with Crippen LogP contribution in [0.15, 0.2) is 97.7 Å². The Labute approximate surface area is 284 Å². The number of aromatic nitrogens is 1. The van der Waals surface area contributed by atoms with E-state index in [2.05, 4.69) is 11.9 Å². The highest BCUT2D eigenvalue weighted by molar-refractivity contribution is 5.92. The Balaban J connectivity index is 1.35. The summed E-state index contributed by atoms with van der Waals surface area (Å²) in [7, 11) is 0. The minimum atomic E-state index is -0.900. The van der Waals surface area contributed by atoms with Gasteiger partial charge in [-0.05, 0) is 34.9 Å². The van der Waals surface area contributed by atoms with E-state index in [1.807, 2.05) is 65.4 Å². The Kier molecular flexibility index (Phi) is 9.95. The molecule has 0 aliphatic carbocycles. The Morgan fingerprint density at radius 1 is 1.00 bits per heavy atom. The molecule has 2 atom stereocenters. The van der Waals surface area contributed by atoms with Crippen LogP contribution >= 0.6 is 0 Å². The molecule has 12 nitrogen and oxygen atoms in total. The second-order valence-electron chi connectivity index (χ2n) is 12.2. The standard InChI is InChI=1S/C37H40N6O6/c1-3-17-41-25-35(46)42-33(20-27-13-15-30(45)16-14-27)36(47)40(24-34(42)43(41)37(48)38-21-28-9-5-4-6-10-28)23-29-22-39(18-19-49-26(2)44)32-12-8-7-11-31(29)32/h3-16,22,33-34,45H,1,17-21,23-25H2,2H3,(H,38,48)/t33-,34-/m0/s1. The van der Waals surface area contributed by atoms with Crippen molar-refractivity contribution in [3.05, 3.63) is 114 Å². The summed E-state index contributed by atoms with van der Waals surface area (Å²) in [5.74, 6) is -0.766. The third kappa shape index (κ3) is 7.29. The second kappa shape index (κ2) is 14.7. The molecule has 0 radical (unpaired) electrons. The molecular weight excluding hydrogens is 624 g/mol. The quantitative estimate of drug-likeness (QED) is 0.185. The highest BCUT2D eigenvalue weighted by Gasteiger charge is 2.51. The number of nitrogens with one attached hydrogen (secondary N) is 1. The molecule has 2 aliphatic heterocycles. The first-order valence-corrected chi connectivity index (χ1v) is 16.3. The third-order valence-corrected chi connectivity index (χ3v) is 8.90. The predicted molar refractivity (Wildman–Crippen MR) is 183 cm³/mol. The number of esters is 1. The SMILES string of the molecule is C=CCN1CC(=O)N2[C@@H](Cc3ccc(O)cc3)C(=O)N(Cc3cn(CCOC(C)=O)c4ccccc34)C[C@@H]2N1C(=O)NCc1ccccc1. The molecule has 0 spiro atoms. The molecule has 12 heteroatoms. The van der Waals surface area contributed by atoms with Crippen LogP contribution < -0.4 is 5.32 Å². The summed E-state index contributed by atoms with van der Waals surface area (Å²) in [5, 5.41) is 17.1. The largest absolute Gasteiger partial charge is 0.508 e. The van der Waals surface area contributed by atoms with Gasteiger partial charge in [-0.1, -0.05) is 66.7 Å². The van der Waals surface area contributed by atoms with E-state index in [1.165, 1.54) is 6.92 Å². The summed E-state index contributed by atoms with van der Waals surface area (Å²) < 4.78 is 7.20. The molecule has 49 heavy (non-hydrogen) atoms. The van der Waals surface area contributed by atoms with Crippen LogP contribution in [0, 0.1) is 0 Å². The number of carbonyl (C=O) groups excluding carboxylic acids is 4. The van der Waals surface area contributed by atoms with Gasteiger partial charge in [0.25, 0.3) is 0 Å². The van der Waals surface area contributed by atoms with Gasteiger partial charge in [0.1, 0.15) is 24.6 Å². The highest BCUT2D eigenvalue weighted by Crippen LogP contribution is 2.31. The number of hydrogen-bond acceptors (Lipinski definition) is 7. The lowest BCUT2D eigenvalue weighted by atomic mass is 9.98. The van der Waals surface area contributed by atoms with E-state index >= 15 is 0 Å². The number of ether oxygens (including phenoxy) is 1. The van der Waals surface area contributed by atoms with E-state index in [-0.39, 0.29) is 69.3 Å². The number of phenolic OH excluding ortho intramolecular Hbond substituents is 1. The molecule has 3 heterocycles. The van der Waals surface area contributed by atoms with Gasteiger partial charge >= 0.3 is 12.0 Å². The zero-order valence-corrected chi connectivity index (χ0v) is 27.4. The van der Waals surface area contributed by atoms with E-state index in [1.54, 1.807) is 50.2 Å². The van der Waals surface area contributed by atoms with Crippen molar-refractivity contribution in [2.75, 3.05) is 26.2 Å². The van der Waals surface area contributed by atoms with Crippen molar-refractivity contribution < 1.29 is 29.0 Å². The molecule has 2 fully saturated rings. The number of aromatic hydroxyl groups is 1. The number of nitrogens with zero attached hydrogens (tertiary/aromatic N) is 5. The van der Waals surface area contributed by atoms with Crippen molar-refractivity contribution in [1.82, 2.24) is 29.7 Å². The minimum absolute atomic E-state index is 0.0794. The lowest BCUT2D eigenvalue weighted by Gasteiger charge is -2.55. The Morgan fingerprint density at radius 2 is 1.73 bits per heavy atom. The monoisotopic (exact) mass is 664 g/mol. The first-order valence-electron chi connectivity index (χ1n) is 16.3. The number of rotatable bonds is 11. The van der Waals surface area contributed by atoms with Crippen LogP contribution in [0.25, 0.3) is 10.9 Å². The summed E-state index contributed by atoms with van der Waals surface area (Å²) in [4.78, 5) is 57.1. The molecule has 3 aromatic carbocycles. The van der Waals surface area contributed by atoms with Crippen molar-refractivity contribution in [2.45, 2.75) is 45.2 Å². The Bertz CT molecular complexity index is 1840. The molecule has 1 aromatic heterocycles. The number of hydrogen-bond donors (Lipinski definition) is 2. The molecule has 254 valence electrons. The molecule has 4 aromatic rings. The van der Waals surface area contributed by atoms with Gasteiger partial charge in [-0.3, -0.25) is 14.4 Å². The summed E-state index contributed by atoms with van der Waals surface area (Å²) in [5.41, 5.74) is 3.50. The van der Waals surface area contributed by atoms with Crippen molar-refractivity contribution in [3.8, 4) is 5.75 Å². The molecule has 0 unspecified atom stereocenters. The fraction of sp³-hybridized carbons (Fsp3) is 0.297. The number of fused-ring (bicyclic) bond motifs is 2.